The lowest BCUT2D eigenvalue weighted by Gasteiger charge is -2.16. The van der Waals surface area contributed by atoms with E-state index in [0.29, 0.717) is 12.3 Å². The fourth-order valence-electron chi connectivity index (χ4n) is 3.68. The van der Waals surface area contributed by atoms with Gasteiger partial charge in [-0.3, -0.25) is 0 Å². The third-order valence-electron chi connectivity index (χ3n) is 5.22. The van der Waals surface area contributed by atoms with Crippen LogP contribution < -0.4 is 10.6 Å². The van der Waals surface area contributed by atoms with Crippen molar-refractivity contribution in [3.8, 4) is 0 Å². The van der Waals surface area contributed by atoms with Crippen molar-refractivity contribution < 1.29 is 9.90 Å². The zero-order chi connectivity index (χ0) is 19.1. The Morgan fingerprint density at radius 3 is 2.59 bits per heavy atom. The van der Waals surface area contributed by atoms with Crippen LogP contribution in [0, 0.1) is 0 Å². The number of urea groups is 1. The summed E-state index contributed by atoms with van der Waals surface area (Å²) in [7, 11) is 0. The van der Waals surface area contributed by atoms with Crippen molar-refractivity contribution in [2.24, 2.45) is 0 Å². The highest BCUT2D eigenvalue weighted by atomic mass is 35.5. The van der Waals surface area contributed by atoms with Crippen LogP contribution in [0.3, 0.4) is 0 Å². The number of aliphatic hydroxyl groups excluding tert-OH is 1. The second kappa shape index (κ2) is 9.77. The van der Waals surface area contributed by atoms with Crippen LogP contribution >= 0.6 is 11.6 Å². The normalized spacial score (nSPS) is 20.2. The molecule has 3 rings (SSSR count). The first kappa shape index (κ1) is 19.7. The number of hydrogen-bond donors (Lipinski definition) is 3. The highest BCUT2D eigenvalue weighted by Crippen LogP contribution is 2.34. The smallest absolute Gasteiger partial charge is 0.315 e. The third kappa shape index (κ3) is 6.26. The molecule has 2 aromatic rings. The van der Waals surface area contributed by atoms with Gasteiger partial charge < -0.3 is 15.7 Å². The van der Waals surface area contributed by atoms with Crippen LogP contribution in [-0.2, 0) is 6.42 Å². The summed E-state index contributed by atoms with van der Waals surface area (Å²) < 4.78 is 0. The molecule has 3 N–H and O–H groups in total. The lowest BCUT2D eigenvalue weighted by Crippen LogP contribution is -2.43. The monoisotopic (exact) mass is 386 g/mol. The van der Waals surface area contributed by atoms with Crippen molar-refractivity contribution >= 4 is 17.6 Å². The molecule has 1 aliphatic rings. The van der Waals surface area contributed by atoms with Crippen molar-refractivity contribution in [3.05, 3.63) is 70.7 Å². The fourth-order valence-corrected chi connectivity index (χ4v) is 3.80. The van der Waals surface area contributed by atoms with E-state index in [1.165, 1.54) is 11.1 Å². The topological polar surface area (TPSA) is 61.4 Å². The van der Waals surface area contributed by atoms with Gasteiger partial charge in [-0.05, 0) is 61.3 Å². The molecule has 4 nitrogen and oxygen atoms in total. The first-order valence-corrected chi connectivity index (χ1v) is 10.00. The number of amides is 2. The van der Waals surface area contributed by atoms with E-state index in [1.807, 2.05) is 42.5 Å². The van der Waals surface area contributed by atoms with Gasteiger partial charge in [-0.2, -0.15) is 0 Å². The summed E-state index contributed by atoms with van der Waals surface area (Å²) >= 11 is 5.95. The lowest BCUT2D eigenvalue weighted by atomic mass is 9.98. The minimum absolute atomic E-state index is 0.173. The Balaban J connectivity index is 1.35. The van der Waals surface area contributed by atoms with E-state index >= 15 is 0 Å². The number of aliphatic hydroxyl groups is 1. The van der Waals surface area contributed by atoms with Gasteiger partial charge in [-0.25, -0.2) is 4.79 Å². The van der Waals surface area contributed by atoms with Crippen molar-refractivity contribution in [2.45, 2.75) is 50.2 Å². The van der Waals surface area contributed by atoms with E-state index in [4.69, 9.17) is 11.6 Å². The number of hydrogen-bond acceptors (Lipinski definition) is 2. The highest BCUT2D eigenvalue weighted by Gasteiger charge is 2.27. The Morgan fingerprint density at radius 2 is 1.85 bits per heavy atom. The number of aryl methyl sites for hydroxylation is 1. The average molecular weight is 387 g/mol. The van der Waals surface area contributed by atoms with Gasteiger partial charge in [-0.1, -0.05) is 54.1 Å². The van der Waals surface area contributed by atoms with Crippen molar-refractivity contribution in [3.63, 3.8) is 0 Å². The fraction of sp³-hybridized carbons (Fsp3) is 0.409. The summed E-state index contributed by atoms with van der Waals surface area (Å²) in [6, 6.07) is 18.0. The Morgan fingerprint density at radius 1 is 1.11 bits per heavy atom. The zero-order valence-corrected chi connectivity index (χ0v) is 16.2. The van der Waals surface area contributed by atoms with E-state index in [1.54, 1.807) is 0 Å². The second-order valence-electron chi connectivity index (χ2n) is 7.29. The summed E-state index contributed by atoms with van der Waals surface area (Å²) in [6.07, 6.45) is 3.86. The van der Waals surface area contributed by atoms with Crippen LogP contribution in [0.15, 0.2) is 54.6 Å². The molecular formula is C22H27ClN2O2. The van der Waals surface area contributed by atoms with Gasteiger partial charge in [0.15, 0.2) is 0 Å². The van der Waals surface area contributed by atoms with Gasteiger partial charge in [0.05, 0.1) is 6.10 Å². The molecule has 3 unspecified atom stereocenters. The third-order valence-corrected chi connectivity index (χ3v) is 5.47. The molecule has 1 aliphatic carbocycles. The molecule has 144 valence electrons. The Kier molecular flexibility index (Phi) is 7.13. The molecule has 0 bridgehead atoms. The molecule has 3 atom stereocenters. The van der Waals surface area contributed by atoms with Crippen LogP contribution in [0.2, 0.25) is 5.02 Å². The number of carbonyl (C=O) groups excluding carboxylic acids is 1. The van der Waals surface area contributed by atoms with Gasteiger partial charge in [0, 0.05) is 17.6 Å². The van der Waals surface area contributed by atoms with Gasteiger partial charge >= 0.3 is 6.03 Å². The van der Waals surface area contributed by atoms with Crippen molar-refractivity contribution in [1.29, 1.82) is 0 Å². The first-order valence-electron chi connectivity index (χ1n) is 9.62. The number of rotatable bonds is 7. The summed E-state index contributed by atoms with van der Waals surface area (Å²) in [5.74, 6) is 0.462. The molecule has 1 saturated carbocycles. The summed E-state index contributed by atoms with van der Waals surface area (Å²) in [5.41, 5.74) is 2.47. The molecule has 2 aromatic carbocycles. The molecule has 0 radical (unpaired) electrons. The maximum absolute atomic E-state index is 12.1. The molecule has 0 saturated heterocycles. The highest BCUT2D eigenvalue weighted by molar-refractivity contribution is 6.30. The quantitative estimate of drug-likeness (QED) is 0.665. The number of benzene rings is 2. The molecule has 0 aromatic heterocycles. The molecule has 1 fully saturated rings. The maximum Gasteiger partial charge on any atom is 0.315 e. The van der Waals surface area contributed by atoms with Gasteiger partial charge in [0.1, 0.15) is 0 Å². The minimum Gasteiger partial charge on any atom is -0.391 e. The van der Waals surface area contributed by atoms with E-state index < -0.39 is 6.10 Å². The van der Waals surface area contributed by atoms with Crippen LogP contribution in [0.5, 0.6) is 0 Å². The van der Waals surface area contributed by atoms with E-state index in [-0.39, 0.29) is 18.6 Å². The van der Waals surface area contributed by atoms with Gasteiger partial charge in [-0.15, -0.1) is 0 Å². The SMILES string of the molecule is O=C(NCC(O)CCc1ccccc1)NC1CCC(c2ccc(Cl)cc2)C1. The molecule has 27 heavy (non-hydrogen) atoms. The van der Waals surface area contributed by atoms with Crippen LogP contribution in [-0.4, -0.2) is 29.8 Å². The molecular weight excluding hydrogens is 360 g/mol. The summed E-state index contributed by atoms with van der Waals surface area (Å²) in [5, 5.41) is 16.6. The van der Waals surface area contributed by atoms with E-state index in [0.717, 1.165) is 30.7 Å². The van der Waals surface area contributed by atoms with Crippen LogP contribution in [0.4, 0.5) is 4.79 Å². The predicted octanol–water partition coefficient (Wildman–Crippen LogP) is 4.27. The van der Waals surface area contributed by atoms with Crippen molar-refractivity contribution in [1.82, 2.24) is 10.6 Å². The van der Waals surface area contributed by atoms with Crippen LogP contribution in [0.1, 0.15) is 42.7 Å². The molecule has 0 spiro atoms. The molecule has 0 heterocycles. The summed E-state index contributed by atoms with van der Waals surface area (Å²) in [4.78, 5) is 12.1. The first-order chi connectivity index (χ1) is 13.1. The molecule has 2 amide bonds. The Bertz CT molecular complexity index is 721. The van der Waals surface area contributed by atoms with Crippen LogP contribution in [0.25, 0.3) is 0 Å². The Hall–Kier alpha value is -2.04. The zero-order valence-electron chi connectivity index (χ0n) is 15.4. The van der Waals surface area contributed by atoms with E-state index in [9.17, 15) is 9.90 Å². The summed E-state index contributed by atoms with van der Waals surface area (Å²) in [6.45, 7) is 0.270. The molecule has 5 heteroatoms. The predicted molar refractivity (Wildman–Crippen MR) is 109 cm³/mol. The number of nitrogens with one attached hydrogen (secondary N) is 2. The average Bonchev–Trinajstić information content (AvgIpc) is 3.14. The van der Waals surface area contributed by atoms with Gasteiger partial charge in [0.2, 0.25) is 0 Å². The van der Waals surface area contributed by atoms with Gasteiger partial charge in [0.25, 0.3) is 0 Å². The Labute approximate surface area is 165 Å². The minimum atomic E-state index is -0.540. The largest absolute Gasteiger partial charge is 0.391 e. The standard InChI is InChI=1S/C22H27ClN2O2/c23-19-10-7-17(8-11-19)18-9-12-20(14-18)25-22(27)24-15-21(26)13-6-16-4-2-1-3-5-16/h1-5,7-8,10-11,18,20-21,26H,6,9,12-15H2,(H2,24,25,27). The molecule has 0 aliphatic heterocycles. The number of halogens is 1. The van der Waals surface area contributed by atoms with E-state index in [2.05, 4.69) is 22.8 Å². The lowest BCUT2D eigenvalue weighted by molar-refractivity contribution is 0.161. The van der Waals surface area contributed by atoms with Crippen molar-refractivity contribution in [2.75, 3.05) is 6.54 Å². The maximum atomic E-state index is 12.1. The number of carbonyl (C=O) groups is 1. The second-order valence-corrected chi connectivity index (χ2v) is 7.73.